The van der Waals surface area contributed by atoms with Crippen molar-refractivity contribution in [3.8, 4) is 0 Å². The molecule has 0 atom stereocenters. The van der Waals surface area contributed by atoms with E-state index in [9.17, 15) is 9.59 Å². The number of alkyl halides is 1. The average Bonchev–Trinajstić information content (AvgIpc) is 2.26. The first-order chi connectivity index (χ1) is 8.24. The lowest BCUT2D eigenvalue weighted by Crippen LogP contribution is -2.46. The summed E-state index contributed by atoms with van der Waals surface area (Å²) in [6.45, 7) is 0.651. The monoisotopic (exact) mass is 298 g/mol. The number of hydrogen-bond acceptors (Lipinski definition) is 2. The van der Waals surface area contributed by atoms with Gasteiger partial charge in [-0.15, -0.1) is 0 Å². The maximum Gasteiger partial charge on any atom is 0.259 e. The van der Waals surface area contributed by atoms with E-state index in [2.05, 4.69) is 20.9 Å². The van der Waals surface area contributed by atoms with Gasteiger partial charge in [-0.05, 0) is 19.3 Å². The zero-order valence-corrected chi connectivity index (χ0v) is 11.1. The summed E-state index contributed by atoms with van der Waals surface area (Å²) in [6.07, 6.45) is 6.29. The van der Waals surface area contributed by atoms with Gasteiger partial charge in [0.05, 0.1) is 0 Å². The van der Waals surface area contributed by atoms with Gasteiger partial charge in [-0.3, -0.25) is 9.59 Å². The zero-order chi connectivity index (χ0) is 12.3. The molecule has 0 saturated heterocycles. The molecule has 0 bridgehead atoms. The van der Waals surface area contributed by atoms with Crippen LogP contribution in [0.4, 0.5) is 0 Å². The minimum atomic E-state index is -0.215. The van der Waals surface area contributed by atoms with Crippen LogP contribution in [0.3, 0.4) is 0 Å². The van der Waals surface area contributed by atoms with Crippen molar-refractivity contribution in [2.75, 3.05) is 11.9 Å². The third-order valence-corrected chi connectivity index (χ3v) is 3.51. The molecule has 0 aromatic carbocycles. The summed E-state index contributed by atoms with van der Waals surface area (Å²) in [5.41, 5.74) is 0.0213. The smallest absolute Gasteiger partial charge is 0.259 e. The van der Waals surface area contributed by atoms with Crippen molar-refractivity contribution in [2.24, 2.45) is 0 Å². The SMILES string of the molecule is O=C(c1c[nH]ccc1=O)N(CCBr)C1CCC1. The average molecular weight is 299 g/mol. The maximum atomic E-state index is 12.3. The van der Waals surface area contributed by atoms with E-state index in [4.69, 9.17) is 0 Å². The number of carbonyl (C=O) groups excluding carboxylic acids is 1. The molecule has 5 heteroatoms. The Morgan fingerprint density at radius 3 is 2.82 bits per heavy atom. The highest BCUT2D eigenvalue weighted by atomic mass is 79.9. The molecule has 1 aromatic heterocycles. The number of halogens is 1. The van der Waals surface area contributed by atoms with Gasteiger partial charge in [0.1, 0.15) is 5.56 Å². The second-order valence-corrected chi connectivity index (χ2v) is 4.99. The first kappa shape index (κ1) is 12.4. The van der Waals surface area contributed by atoms with Gasteiger partial charge in [-0.1, -0.05) is 15.9 Å². The van der Waals surface area contributed by atoms with Gasteiger partial charge in [0.2, 0.25) is 0 Å². The highest BCUT2D eigenvalue weighted by molar-refractivity contribution is 9.09. The molecule has 2 rings (SSSR count). The van der Waals surface area contributed by atoms with E-state index >= 15 is 0 Å². The topological polar surface area (TPSA) is 53.2 Å². The summed E-state index contributed by atoms with van der Waals surface area (Å²) in [5, 5.41) is 0.736. The van der Waals surface area contributed by atoms with Crippen LogP contribution in [0.25, 0.3) is 0 Å². The van der Waals surface area contributed by atoms with Gasteiger partial charge in [0.25, 0.3) is 5.91 Å². The predicted octanol–water partition coefficient (Wildman–Crippen LogP) is 1.76. The Balaban J connectivity index is 2.21. The lowest BCUT2D eigenvalue weighted by Gasteiger charge is -2.37. The first-order valence-corrected chi connectivity index (χ1v) is 6.90. The molecule has 1 aliphatic carbocycles. The van der Waals surface area contributed by atoms with Crippen LogP contribution in [-0.4, -0.2) is 33.7 Å². The van der Waals surface area contributed by atoms with Crippen molar-refractivity contribution < 1.29 is 4.79 Å². The van der Waals surface area contributed by atoms with Crippen LogP contribution >= 0.6 is 15.9 Å². The van der Waals surface area contributed by atoms with E-state index in [1.807, 2.05) is 4.90 Å². The van der Waals surface area contributed by atoms with Gasteiger partial charge in [-0.25, -0.2) is 0 Å². The molecule has 1 aromatic rings. The first-order valence-electron chi connectivity index (χ1n) is 5.78. The van der Waals surface area contributed by atoms with Crippen molar-refractivity contribution in [1.29, 1.82) is 0 Å². The molecule has 1 N–H and O–H groups in total. The van der Waals surface area contributed by atoms with Crippen molar-refractivity contribution in [2.45, 2.75) is 25.3 Å². The largest absolute Gasteiger partial charge is 0.367 e. The second kappa shape index (κ2) is 5.49. The van der Waals surface area contributed by atoms with Crippen LogP contribution in [0, 0.1) is 0 Å². The summed E-state index contributed by atoms with van der Waals surface area (Å²) in [6, 6.07) is 1.69. The third kappa shape index (κ3) is 2.60. The predicted molar refractivity (Wildman–Crippen MR) is 69.5 cm³/mol. The minimum Gasteiger partial charge on any atom is -0.367 e. The molecule has 1 aliphatic rings. The number of amides is 1. The number of hydrogen-bond donors (Lipinski definition) is 1. The molecular weight excluding hydrogens is 284 g/mol. The normalized spacial score (nSPS) is 15.4. The van der Waals surface area contributed by atoms with E-state index in [0.717, 1.165) is 18.2 Å². The quantitative estimate of drug-likeness (QED) is 0.861. The Hall–Kier alpha value is -1.10. The molecule has 0 aliphatic heterocycles. The Morgan fingerprint density at radius 1 is 1.53 bits per heavy atom. The summed E-state index contributed by atoms with van der Waals surface area (Å²) in [7, 11) is 0. The van der Waals surface area contributed by atoms with Gasteiger partial charge < -0.3 is 9.88 Å². The van der Waals surface area contributed by atoms with Crippen LogP contribution in [0.5, 0.6) is 0 Å². The van der Waals surface area contributed by atoms with Gasteiger partial charge >= 0.3 is 0 Å². The highest BCUT2D eigenvalue weighted by Gasteiger charge is 2.29. The van der Waals surface area contributed by atoms with E-state index in [0.29, 0.717) is 12.6 Å². The van der Waals surface area contributed by atoms with Crippen LogP contribution in [0.15, 0.2) is 23.3 Å². The highest BCUT2D eigenvalue weighted by Crippen LogP contribution is 2.25. The third-order valence-electron chi connectivity index (χ3n) is 3.16. The molecule has 4 nitrogen and oxygen atoms in total. The van der Waals surface area contributed by atoms with E-state index in [1.54, 1.807) is 0 Å². The molecule has 0 unspecified atom stereocenters. The molecule has 1 saturated carbocycles. The van der Waals surface area contributed by atoms with Gasteiger partial charge in [0.15, 0.2) is 5.43 Å². The lowest BCUT2D eigenvalue weighted by molar-refractivity contribution is 0.0598. The fraction of sp³-hybridized carbons (Fsp3) is 0.500. The fourth-order valence-electron chi connectivity index (χ4n) is 1.98. The molecule has 0 spiro atoms. The fourth-order valence-corrected chi connectivity index (χ4v) is 2.36. The van der Waals surface area contributed by atoms with E-state index < -0.39 is 0 Å². The number of pyridine rings is 1. The standard InChI is InChI=1S/C12H15BrN2O2/c13-5-7-15(9-2-1-3-9)12(17)10-8-14-6-4-11(10)16/h4,6,8-9H,1-3,5,7H2,(H,14,16). The van der Waals surface area contributed by atoms with Gasteiger partial charge in [-0.2, -0.15) is 0 Å². The van der Waals surface area contributed by atoms with Crippen LogP contribution < -0.4 is 5.43 Å². The molecule has 0 radical (unpaired) electrons. The van der Waals surface area contributed by atoms with E-state index in [1.165, 1.54) is 24.9 Å². The lowest BCUT2D eigenvalue weighted by atomic mass is 9.91. The Morgan fingerprint density at radius 2 is 2.29 bits per heavy atom. The number of H-pyrrole nitrogens is 1. The van der Waals surface area contributed by atoms with Crippen LogP contribution in [0.2, 0.25) is 0 Å². The number of aromatic nitrogens is 1. The van der Waals surface area contributed by atoms with Crippen LogP contribution in [0.1, 0.15) is 29.6 Å². The molecule has 17 heavy (non-hydrogen) atoms. The number of nitrogens with zero attached hydrogens (tertiary/aromatic N) is 1. The van der Waals surface area contributed by atoms with Gasteiger partial charge in [0, 0.05) is 36.4 Å². The molecule has 92 valence electrons. The van der Waals surface area contributed by atoms with Crippen molar-refractivity contribution in [1.82, 2.24) is 9.88 Å². The van der Waals surface area contributed by atoms with Crippen LogP contribution in [-0.2, 0) is 0 Å². The number of rotatable bonds is 4. The van der Waals surface area contributed by atoms with E-state index in [-0.39, 0.29) is 16.9 Å². The Bertz CT molecular complexity index is 454. The Labute approximate surface area is 108 Å². The summed E-state index contributed by atoms with van der Waals surface area (Å²) in [4.78, 5) is 28.5. The molecule has 1 heterocycles. The minimum absolute atomic E-state index is 0.156. The second-order valence-electron chi connectivity index (χ2n) is 4.19. The van der Waals surface area contributed by atoms with Crippen molar-refractivity contribution in [3.05, 3.63) is 34.2 Å². The Kier molecular flexibility index (Phi) is 3.99. The maximum absolute atomic E-state index is 12.3. The molecule has 1 fully saturated rings. The summed E-state index contributed by atoms with van der Waals surface area (Å²) in [5.74, 6) is -0.156. The number of nitrogens with one attached hydrogen (secondary N) is 1. The zero-order valence-electron chi connectivity index (χ0n) is 9.49. The molecular formula is C12H15BrN2O2. The summed E-state index contributed by atoms with van der Waals surface area (Å²) >= 11 is 3.35. The number of aromatic amines is 1. The number of carbonyl (C=O) groups is 1. The van der Waals surface area contributed by atoms with Crippen molar-refractivity contribution >= 4 is 21.8 Å². The summed E-state index contributed by atoms with van der Waals surface area (Å²) < 4.78 is 0. The van der Waals surface area contributed by atoms with Crippen molar-refractivity contribution in [3.63, 3.8) is 0 Å². The molecule has 1 amide bonds.